The van der Waals surface area contributed by atoms with Crippen LogP contribution in [-0.4, -0.2) is 35.4 Å². The molecule has 0 aliphatic heterocycles. The van der Waals surface area contributed by atoms with Crippen molar-refractivity contribution in [3.8, 4) is 6.07 Å². The van der Waals surface area contributed by atoms with Crippen LogP contribution in [0.3, 0.4) is 0 Å². The molecule has 94 valence electrons. The molecule has 2 unspecified atom stereocenters. The van der Waals surface area contributed by atoms with Gasteiger partial charge in [-0.3, -0.25) is 9.59 Å². The number of nitrogens with zero attached hydrogens (tertiary/aromatic N) is 1. The van der Waals surface area contributed by atoms with Crippen LogP contribution < -0.4 is 10.6 Å². The third-order valence-corrected chi connectivity index (χ3v) is 4.01. The molecule has 0 aromatic carbocycles. The number of amides is 2. The first-order valence-electron chi connectivity index (χ1n) is 5.76. The summed E-state index contributed by atoms with van der Waals surface area (Å²) in [6.07, 6.45) is 3.10. The molecule has 1 rings (SSSR count). The van der Waals surface area contributed by atoms with Crippen LogP contribution in [0.4, 0.5) is 0 Å². The van der Waals surface area contributed by atoms with Crippen LogP contribution >= 0.6 is 11.8 Å². The second kappa shape index (κ2) is 7.17. The molecule has 0 aromatic heterocycles. The van der Waals surface area contributed by atoms with Crippen molar-refractivity contribution in [2.45, 2.75) is 37.5 Å². The van der Waals surface area contributed by atoms with Gasteiger partial charge in [0.15, 0.2) is 0 Å². The van der Waals surface area contributed by atoms with E-state index in [4.69, 9.17) is 5.26 Å². The molecule has 2 N–H and O–H groups in total. The van der Waals surface area contributed by atoms with Gasteiger partial charge in [-0.1, -0.05) is 13.3 Å². The van der Waals surface area contributed by atoms with Crippen LogP contribution in [0, 0.1) is 11.3 Å². The van der Waals surface area contributed by atoms with Crippen LogP contribution in [0.2, 0.25) is 0 Å². The monoisotopic (exact) mass is 255 g/mol. The normalized spacial score (nSPS) is 22.8. The Balaban J connectivity index is 2.39. The molecule has 1 aliphatic rings. The first kappa shape index (κ1) is 13.8. The molecule has 1 fully saturated rings. The van der Waals surface area contributed by atoms with Gasteiger partial charge in [0.05, 0.1) is 6.07 Å². The van der Waals surface area contributed by atoms with E-state index in [-0.39, 0.29) is 12.6 Å². The Morgan fingerprint density at radius 3 is 2.82 bits per heavy atom. The summed E-state index contributed by atoms with van der Waals surface area (Å²) in [6, 6.07) is 1.84. The zero-order valence-corrected chi connectivity index (χ0v) is 10.7. The zero-order valence-electron chi connectivity index (χ0n) is 9.86. The Kier molecular flexibility index (Phi) is 5.84. The van der Waals surface area contributed by atoms with Gasteiger partial charge in [0.25, 0.3) is 0 Å². The number of nitrogens with one attached hydrogen (secondary N) is 2. The maximum Gasteiger partial charge on any atom is 0.310 e. The lowest BCUT2D eigenvalue weighted by Crippen LogP contribution is -2.46. The van der Waals surface area contributed by atoms with Gasteiger partial charge in [-0.05, 0) is 18.6 Å². The van der Waals surface area contributed by atoms with E-state index in [0.29, 0.717) is 5.25 Å². The van der Waals surface area contributed by atoms with Crippen molar-refractivity contribution >= 4 is 23.6 Å². The predicted molar refractivity (Wildman–Crippen MR) is 66.3 cm³/mol. The lowest BCUT2D eigenvalue weighted by atomic mass is 10.2. The fourth-order valence-electron chi connectivity index (χ4n) is 1.94. The molecule has 17 heavy (non-hydrogen) atoms. The average Bonchev–Trinajstić information content (AvgIpc) is 2.74. The number of carbonyl (C=O) groups is 2. The molecule has 0 saturated heterocycles. The number of carbonyl (C=O) groups excluding carboxylic acids is 2. The molecule has 6 heteroatoms. The Labute approximate surface area is 105 Å². The van der Waals surface area contributed by atoms with Crippen LogP contribution in [0.1, 0.15) is 26.2 Å². The minimum Gasteiger partial charge on any atom is -0.344 e. The molecule has 0 radical (unpaired) electrons. The largest absolute Gasteiger partial charge is 0.344 e. The molecular weight excluding hydrogens is 238 g/mol. The van der Waals surface area contributed by atoms with Gasteiger partial charge in [0.2, 0.25) is 0 Å². The third kappa shape index (κ3) is 4.27. The first-order valence-corrected chi connectivity index (χ1v) is 6.81. The van der Waals surface area contributed by atoms with E-state index in [2.05, 4.69) is 17.6 Å². The molecule has 1 saturated carbocycles. The van der Waals surface area contributed by atoms with Gasteiger partial charge in [0.1, 0.15) is 6.54 Å². The number of thioether (sulfide) groups is 1. The Bertz CT molecular complexity index is 327. The highest BCUT2D eigenvalue weighted by Gasteiger charge is 2.29. The number of nitriles is 1. The van der Waals surface area contributed by atoms with Crippen molar-refractivity contribution in [3.05, 3.63) is 0 Å². The second-order valence-electron chi connectivity index (χ2n) is 3.85. The second-order valence-corrected chi connectivity index (χ2v) is 5.36. The summed E-state index contributed by atoms with van der Waals surface area (Å²) in [6.45, 7) is 1.95. The van der Waals surface area contributed by atoms with Crippen molar-refractivity contribution < 1.29 is 9.59 Å². The maximum absolute atomic E-state index is 11.5. The topological polar surface area (TPSA) is 82.0 Å². The smallest absolute Gasteiger partial charge is 0.310 e. The van der Waals surface area contributed by atoms with Crippen LogP contribution in [0.15, 0.2) is 0 Å². The van der Waals surface area contributed by atoms with E-state index in [1.54, 1.807) is 6.07 Å². The van der Waals surface area contributed by atoms with E-state index >= 15 is 0 Å². The average molecular weight is 255 g/mol. The summed E-state index contributed by atoms with van der Waals surface area (Å²) >= 11 is 1.82. The summed E-state index contributed by atoms with van der Waals surface area (Å²) in [5.74, 6) is -0.343. The standard InChI is InChI=1S/C11H17N3O2S/c1-2-17-9-5-3-4-8(9)14-11(16)10(15)13-7-6-12/h8-9H,2-5,7H2,1H3,(H,13,15)(H,14,16). The Morgan fingerprint density at radius 1 is 1.41 bits per heavy atom. The lowest BCUT2D eigenvalue weighted by molar-refractivity contribution is -0.139. The molecule has 0 bridgehead atoms. The number of hydrogen-bond donors (Lipinski definition) is 2. The summed E-state index contributed by atoms with van der Waals surface area (Å²) in [5, 5.41) is 13.7. The van der Waals surface area contributed by atoms with Crippen LogP contribution in [-0.2, 0) is 9.59 Å². The van der Waals surface area contributed by atoms with E-state index in [9.17, 15) is 9.59 Å². The lowest BCUT2D eigenvalue weighted by Gasteiger charge is -2.19. The minimum absolute atomic E-state index is 0.0836. The summed E-state index contributed by atoms with van der Waals surface area (Å²) in [7, 11) is 0. The molecule has 2 atom stereocenters. The fraction of sp³-hybridized carbons (Fsp3) is 0.727. The zero-order chi connectivity index (χ0) is 12.7. The van der Waals surface area contributed by atoms with Gasteiger partial charge >= 0.3 is 11.8 Å². The van der Waals surface area contributed by atoms with Gasteiger partial charge < -0.3 is 10.6 Å². The molecule has 2 amide bonds. The van der Waals surface area contributed by atoms with E-state index in [0.717, 1.165) is 25.0 Å². The molecule has 1 aliphatic carbocycles. The highest BCUT2D eigenvalue weighted by molar-refractivity contribution is 7.99. The van der Waals surface area contributed by atoms with E-state index < -0.39 is 11.8 Å². The van der Waals surface area contributed by atoms with Crippen molar-refractivity contribution in [2.24, 2.45) is 0 Å². The van der Waals surface area contributed by atoms with Crippen molar-refractivity contribution in [1.82, 2.24) is 10.6 Å². The first-order chi connectivity index (χ1) is 8.19. The summed E-state index contributed by atoms with van der Waals surface area (Å²) in [5.41, 5.74) is 0. The molecule has 0 aromatic rings. The van der Waals surface area contributed by atoms with Gasteiger partial charge in [-0.2, -0.15) is 17.0 Å². The van der Waals surface area contributed by atoms with Crippen molar-refractivity contribution in [3.63, 3.8) is 0 Å². The highest BCUT2D eigenvalue weighted by atomic mass is 32.2. The molecular formula is C11H17N3O2S. The Hall–Kier alpha value is -1.22. The number of hydrogen-bond acceptors (Lipinski definition) is 4. The van der Waals surface area contributed by atoms with Gasteiger partial charge in [0, 0.05) is 11.3 Å². The summed E-state index contributed by atoms with van der Waals surface area (Å²) in [4.78, 5) is 22.8. The van der Waals surface area contributed by atoms with Crippen molar-refractivity contribution in [2.75, 3.05) is 12.3 Å². The number of rotatable bonds is 4. The SMILES string of the molecule is CCSC1CCCC1NC(=O)C(=O)NCC#N. The predicted octanol–water partition coefficient (Wildman–Crippen LogP) is 0.417. The molecule has 5 nitrogen and oxygen atoms in total. The van der Waals surface area contributed by atoms with E-state index in [1.165, 1.54) is 0 Å². The van der Waals surface area contributed by atoms with Crippen LogP contribution in [0.5, 0.6) is 0 Å². The minimum atomic E-state index is -0.723. The summed E-state index contributed by atoms with van der Waals surface area (Å²) < 4.78 is 0. The quantitative estimate of drug-likeness (QED) is 0.563. The van der Waals surface area contributed by atoms with Gasteiger partial charge in [-0.15, -0.1) is 0 Å². The van der Waals surface area contributed by atoms with Crippen LogP contribution in [0.25, 0.3) is 0 Å². The molecule has 0 heterocycles. The van der Waals surface area contributed by atoms with E-state index in [1.807, 2.05) is 11.8 Å². The third-order valence-electron chi connectivity index (χ3n) is 2.68. The van der Waals surface area contributed by atoms with Gasteiger partial charge in [-0.25, -0.2) is 0 Å². The fourth-order valence-corrected chi connectivity index (χ4v) is 3.14. The maximum atomic E-state index is 11.5. The molecule has 0 spiro atoms. The Morgan fingerprint density at radius 2 is 2.18 bits per heavy atom. The van der Waals surface area contributed by atoms with Crippen molar-refractivity contribution in [1.29, 1.82) is 5.26 Å². The highest BCUT2D eigenvalue weighted by Crippen LogP contribution is 2.29.